The highest BCUT2D eigenvalue weighted by Gasteiger charge is 2.27. The summed E-state index contributed by atoms with van der Waals surface area (Å²) in [5, 5.41) is 0. The van der Waals surface area contributed by atoms with Gasteiger partial charge in [-0.15, -0.1) is 0 Å². The fourth-order valence-electron chi connectivity index (χ4n) is 2.08. The average Bonchev–Trinajstić information content (AvgIpc) is 2.58. The van der Waals surface area contributed by atoms with Crippen LogP contribution in [-0.2, 0) is 0 Å². The van der Waals surface area contributed by atoms with Gasteiger partial charge in [0.05, 0.1) is 12.2 Å². The normalized spacial score (nSPS) is 10.3. The number of aromatic nitrogens is 1. The molecule has 126 valence electrons. The van der Waals surface area contributed by atoms with Crippen LogP contribution in [0.4, 0.5) is 8.78 Å². The number of ketones is 1. The van der Waals surface area contributed by atoms with Crippen LogP contribution in [0.3, 0.4) is 0 Å². The summed E-state index contributed by atoms with van der Waals surface area (Å²) >= 11 is 0. The van der Waals surface area contributed by atoms with Crippen LogP contribution in [-0.4, -0.2) is 23.3 Å². The zero-order valence-corrected chi connectivity index (χ0v) is 12.8. The Balaban J connectivity index is 2.61. The SMILES string of the molecule is CCCOc1nccc(C(=O)c2c(F)cccc2F)c1C(=O)NN. The lowest BCUT2D eigenvalue weighted by Crippen LogP contribution is -2.32. The van der Waals surface area contributed by atoms with Crippen molar-refractivity contribution < 1.29 is 23.1 Å². The molecule has 0 radical (unpaired) electrons. The molecule has 0 bridgehead atoms. The van der Waals surface area contributed by atoms with Gasteiger partial charge in [0, 0.05) is 11.8 Å². The third kappa shape index (κ3) is 3.38. The van der Waals surface area contributed by atoms with Gasteiger partial charge in [0.2, 0.25) is 5.88 Å². The zero-order chi connectivity index (χ0) is 17.7. The van der Waals surface area contributed by atoms with Gasteiger partial charge in [-0.25, -0.2) is 19.6 Å². The van der Waals surface area contributed by atoms with E-state index in [9.17, 15) is 18.4 Å². The minimum absolute atomic E-state index is 0.137. The lowest BCUT2D eigenvalue weighted by atomic mass is 9.98. The van der Waals surface area contributed by atoms with Gasteiger partial charge in [-0.2, -0.15) is 0 Å². The van der Waals surface area contributed by atoms with Crippen molar-refractivity contribution in [1.82, 2.24) is 10.4 Å². The quantitative estimate of drug-likeness (QED) is 0.364. The number of carbonyl (C=O) groups is 2. The topological polar surface area (TPSA) is 94.3 Å². The van der Waals surface area contributed by atoms with E-state index in [1.807, 2.05) is 12.3 Å². The number of carbonyl (C=O) groups excluding carboxylic acids is 2. The molecule has 2 aromatic rings. The number of pyridine rings is 1. The van der Waals surface area contributed by atoms with Crippen molar-refractivity contribution in [3.05, 3.63) is 58.8 Å². The first-order valence-corrected chi connectivity index (χ1v) is 7.12. The Morgan fingerprint density at radius 2 is 1.88 bits per heavy atom. The van der Waals surface area contributed by atoms with Crippen molar-refractivity contribution in [2.45, 2.75) is 13.3 Å². The maximum Gasteiger partial charge on any atom is 0.271 e. The summed E-state index contributed by atoms with van der Waals surface area (Å²) in [4.78, 5) is 28.5. The van der Waals surface area contributed by atoms with Gasteiger partial charge >= 0.3 is 0 Å². The second-order valence-electron chi connectivity index (χ2n) is 4.79. The van der Waals surface area contributed by atoms with Crippen LogP contribution in [0.25, 0.3) is 0 Å². The molecular formula is C16H15F2N3O3. The first-order valence-electron chi connectivity index (χ1n) is 7.12. The van der Waals surface area contributed by atoms with E-state index in [0.29, 0.717) is 6.42 Å². The van der Waals surface area contributed by atoms with Crippen molar-refractivity contribution in [2.24, 2.45) is 5.84 Å². The van der Waals surface area contributed by atoms with E-state index >= 15 is 0 Å². The number of benzene rings is 1. The fraction of sp³-hybridized carbons (Fsp3) is 0.188. The molecule has 0 unspecified atom stereocenters. The number of rotatable bonds is 6. The molecule has 0 saturated heterocycles. The summed E-state index contributed by atoms with van der Waals surface area (Å²) in [6.45, 7) is 2.08. The third-order valence-electron chi connectivity index (χ3n) is 3.15. The predicted octanol–water partition coefficient (Wildman–Crippen LogP) is 1.98. The standard InChI is InChI=1S/C16H15F2N3O3/c1-2-8-24-16-12(15(23)21-19)9(6-7-20-16)14(22)13-10(17)4-3-5-11(13)18/h3-7H,2,8,19H2,1H3,(H,21,23). The molecule has 1 heterocycles. The number of amides is 1. The lowest BCUT2D eigenvalue weighted by molar-refractivity contribution is 0.0935. The molecule has 1 aromatic heterocycles. The Labute approximate surface area is 136 Å². The molecule has 0 aliphatic heterocycles. The van der Waals surface area contributed by atoms with Crippen molar-refractivity contribution in [3.8, 4) is 5.88 Å². The molecule has 0 aliphatic carbocycles. The van der Waals surface area contributed by atoms with Gasteiger partial charge in [-0.1, -0.05) is 13.0 Å². The van der Waals surface area contributed by atoms with Crippen molar-refractivity contribution in [1.29, 1.82) is 0 Å². The van der Waals surface area contributed by atoms with E-state index in [1.165, 1.54) is 12.3 Å². The first kappa shape index (κ1) is 17.5. The second kappa shape index (κ2) is 7.60. The van der Waals surface area contributed by atoms with E-state index in [-0.39, 0.29) is 23.6 Å². The van der Waals surface area contributed by atoms with Gasteiger partial charge in [0.1, 0.15) is 17.2 Å². The maximum absolute atomic E-state index is 13.9. The lowest BCUT2D eigenvalue weighted by Gasteiger charge is -2.13. The molecule has 8 heteroatoms. The molecule has 3 N–H and O–H groups in total. The fourth-order valence-corrected chi connectivity index (χ4v) is 2.08. The molecule has 6 nitrogen and oxygen atoms in total. The number of nitrogen functional groups attached to an aromatic ring is 1. The van der Waals surface area contributed by atoms with Gasteiger partial charge in [-0.3, -0.25) is 15.0 Å². The molecule has 0 spiro atoms. The molecule has 1 amide bonds. The largest absolute Gasteiger partial charge is 0.477 e. The summed E-state index contributed by atoms with van der Waals surface area (Å²) in [7, 11) is 0. The van der Waals surface area contributed by atoms with Crippen LogP contribution < -0.4 is 16.0 Å². The average molecular weight is 335 g/mol. The molecule has 24 heavy (non-hydrogen) atoms. The first-order chi connectivity index (χ1) is 11.5. The predicted molar refractivity (Wildman–Crippen MR) is 81.5 cm³/mol. The Hall–Kier alpha value is -2.87. The number of nitrogens with zero attached hydrogens (tertiary/aromatic N) is 1. The number of ether oxygens (including phenoxy) is 1. The minimum Gasteiger partial charge on any atom is -0.477 e. The van der Waals surface area contributed by atoms with E-state index < -0.39 is 28.9 Å². The smallest absolute Gasteiger partial charge is 0.271 e. The van der Waals surface area contributed by atoms with Crippen LogP contribution in [0, 0.1) is 11.6 Å². The van der Waals surface area contributed by atoms with Crippen LogP contribution in [0.2, 0.25) is 0 Å². The number of hydrazine groups is 1. The van der Waals surface area contributed by atoms with E-state index in [1.54, 1.807) is 0 Å². The number of nitrogens with one attached hydrogen (secondary N) is 1. The van der Waals surface area contributed by atoms with Gasteiger partial charge < -0.3 is 4.74 Å². The summed E-state index contributed by atoms with van der Waals surface area (Å²) in [6, 6.07) is 4.22. The van der Waals surface area contributed by atoms with E-state index in [2.05, 4.69) is 4.98 Å². The van der Waals surface area contributed by atoms with Gasteiger partial charge in [0.25, 0.3) is 5.91 Å². The number of hydrogen-bond acceptors (Lipinski definition) is 5. The van der Waals surface area contributed by atoms with Crippen molar-refractivity contribution in [3.63, 3.8) is 0 Å². The monoisotopic (exact) mass is 335 g/mol. The highest BCUT2D eigenvalue weighted by molar-refractivity contribution is 6.16. The summed E-state index contributed by atoms with van der Waals surface area (Å²) in [6.07, 6.45) is 1.84. The highest BCUT2D eigenvalue weighted by atomic mass is 19.1. The second-order valence-corrected chi connectivity index (χ2v) is 4.79. The van der Waals surface area contributed by atoms with Gasteiger partial charge in [-0.05, 0) is 24.6 Å². The molecule has 0 saturated carbocycles. The zero-order valence-electron chi connectivity index (χ0n) is 12.8. The maximum atomic E-state index is 13.9. The molecule has 0 fully saturated rings. The molecular weight excluding hydrogens is 320 g/mol. The van der Waals surface area contributed by atoms with E-state index in [0.717, 1.165) is 18.2 Å². The molecule has 1 aromatic carbocycles. The Bertz CT molecular complexity index is 761. The summed E-state index contributed by atoms with van der Waals surface area (Å²) in [5.74, 6) is 1.06. The van der Waals surface area contributed by atoms with Crippen LogP contribution >= 0.6 is 0 Å². The number of halogens is 2. The minimum atomic E-state index is -1.04. The van der Waals surface area contributed by atoms with E-state index in [4.69, 9.17) is 10.6 Å². The Morgan fingerprint density at radius 3 is 2.46 bits per heavy atom. The van der Waals surface area contributed by atoms with Crippen LogP contribution in [0.15, 0.2) is 30.5 Å². The Kier molecular flexibility index (Phi) is 5.54. The van der Waals surface area contributed by atoms with Crippen LogP contribution in [0.5, 0.6) is 5.88 Å². The molecule has 2 rings (SSSR count). The third-order valence-corrected chi connectivity index (χ3v) is 3.15. The number of hydrogen-bond donors (Lipinski definition) is 2. The molecule has 0 atom stereocenters. The Morgan fingerprint density at radius 1 is 1.21 bits per heavy atom. The van der Waals surface area contributed by atoms with Crippen molar-refractivity contribution >= 4 is 11.7 Å². The van der Waals surface area contributed by atoms with Crippen LogP contribution in [0.1, 0.15) is 39.6 Å². The summed E-state index contributed by atoms with van der Waals surface area (Å²) in [5.41, 5.74) is 0.570. The number of nitrogens with two attached hydrogens (primary N) is 1. The highest BCUT2D eigenvalue weighted by Crippen LogP contribution is 2.24. The summed E-state index contributed by atoms with van der Waals surface area (Å²) < 4.78 is 33.1. The molecule has 0 aliphatic rings. The van der Waals surface area contributed by atoms with Gasteiger partial charge in [0.15, 0.2) is 5.78 Å². The van der Waals surface area contributed by atoms with Crippen molar-refractivity contribution in [2.75, 3.05) is 6.61 Å².